The second-order valence-electron chi connectivity index (χ2n) is 4.19. The van der Waals surface area contributed by atoms with Crippen molar-refractivity contribution in [2.24, 2.45) is 5.73 Å². The standard InChI is InChI=1S/C11H21N3O3/c1-2-17-10(15)7-13-11(16)14-9-6-4-3-5-8(9)12/h8-9H,2-7,12H2,1H3,(H2,13,14,16). The highest BCUT2D eigenvalue weighted by Gasteiger charge is 2.23. The number of urea groups is 1. The summed E-state index contributed by atoms with van der Waals surface area (Å²) in [6, 6.07) is -0.344. The van der Waals surface area contributed by atoms with Crippen molar-refractivity contribution in [3.05, 3.63) is 0 Å². The van der Waals surface area contributed by atoms with E-state index in [1.165, 1.54) is 0 Å². The molecule has 4 N–H and O–H groups in total. The van der Waals surface area contributed by atoms with Gasteiger partial charge in [-0.3, -0.25) is 4.79 Å². The van der Waals surface area contributed by atoms with Crippen LogP contribution >= 0.6 is 0 Å². The fraction of sp³-hybridized carbons (Fsp3) is 0.818. The van der Waals surface area contributed by atoms with Crippen molar-refractivity contribution in [3.63, 3.8) is 0 Å². The maximum absolute atomic E-state index is 11.5. The molecule has 1 aliphatic rings. The average Bonchev–Trinajstić information content (AvgIpc) is 2.30. The molecule has 1 rings (SSSR count). The van der Waals surface area contributed by atoms with Crippen LogP contribution in [0.1, 0.15) is 32.6 Å². The maximum atomic E-state index is 11.5. The van der Waals surface area contributed by atoms with Crippen molar-refractivity contribution in [3.8, 4) is 0 Å². The minimum atomic E-state index is -0.435. The van der Waals surface area contributed by atoms with Gasteiger partial charge in [0.2, 0.25) is 0 Å². The lowest BCUT2D eigenvalue weighted by atomic mass is 9.91. The van der Waals surface area contributed by atoms with Crippen molar-refractivity contribution < 1.29 is 14.3 Å². The summed E-state index contributed by atoms with van der Waals surface area (Å²) < 4.78 is 4.70. The first-order valence-corrected chi connectivity index (χ1v) is 6.09. The van der Waals surface area contributed by atoms with Crippen LogP contribution in [0.25, 0.3) is 0 Å². The Morgan fingerprint density at radius 1 is 1.35 bits per heavy atom. The topological polar surface area (TPSA) is 93.4 Å². The van der Waals surface area contributed by atoms with Crippen LogP contribution in [0.2, 0.25) is 0 Å². The van der Waals surface area contributed by atoms with Gasteiger partial charge in [-0.1, -0.05) is 12.8 Å². The number of hydrogen-bond donors (Lipinski definition) is 3. The molecular weight excluding hydrogens is 222 g/mol. The molecule has 98 valence electrons. The van der Waals surface area contributed by atoms with E-state index in [1.807, 2.05) is 0 Å². The molecule has 0 aromatic rings. The highest BCUT2D eigenvalue weighted by atomic mass is 16.5. The largest absolute Gasteiger partial charge is 0.465 e. The van der Waals surface area contributed by atoms with Crippen LogP contribution in [0, 0.1) is 0 Å². The van der Waals surface area contributed by atoms with Gasteiger partial charge in [0, 0.05) is 12.1 Å². The zero-order valence-corrected chi connectivity index (χ0v) is 10.2. The molecule has 17 heavy (non-hydrogen) atoms. The summed E-state index contributed by atoms with van der Waals surface area (Å²) in [4.78, 5) is 22.5. The van der Waals surface area contributed by atoms with Gasteiger partial charge in [0.1, 0.15) is 6.54 Å². The molecule has 1 saturated carbocycles. The number of esters is 1. The van der Waals surface area contributed by atoms with Crippen molar-refractivity contribution >= 4 is 12.0 Å². The van der Waals surface area contributed by atoms with Crippen LogP contribution in [0.4, 0.5) is 4.79 Å². The molecule has 0 saturated heterocycles. The number of rotatable bonds is 4. The van der Waals surface area contributed by atoms with E-state index in [1.54, 1.807) is 6.92 Å². The predicted octanol–water partition coefficient (Wildman–Crippen LogP) is 0.119. The molecule has 1 aliphatic carbocycles. The number of carbonyl (C=O) groups is 2. The molecule has 2 atom stereocenters. The van der Waals surface area contributed by atoms with Crippen LogP contribution in [0.3, 0.4) is 0 Å². The summed E-state index contributed by atoms with van der Waals surface area (Å²) >= 11 is 0. The Morgan fingerprint density at radius 2 is 2.06 bits per heavy atom. The van der Waals surface area contributed by atoms with E-state index in [-0.39, 0.29) is 24.7 Å². The van der Waals surface area contributed by atoms with Gasteiger partial charge >= 0.3 is 12.0 Å². The zero-order valence-electron chi connectivity index (χ0n) is 10.2. The Morgan fingerprint density at radius 3 is 2.71 bits per heavy atom. The number of carbonyl (C=O) groups excluding carboxylic acids is 2. The van der Waals surface area contributed by atoms with Crippen molar-refractivity contribution in [2.75, 3.05) is 13.2 Å². The van der Waals surface area contributed by atoms with E-state index >= 15 is 0 Å². The minimum Gasteiger partial charge on any atom is -0.465 e. The second-order valence-corrected chi connectivity index (χ2v) is 4.19. The maximum Gasteiger partial charge on any atom is 0.325 e. The fourth-order valence-electron chi connectivity index (χ4n) is 1.92. The molecule has 6 heteroatoms. The lowest BCUT2D eigenvalue weighted by Gasteiger charge is -2.29. The summed E-state index contributed by atoms with van der Waals surface area (Å²) in [5.41, 5.74) is 5.90. The molecule has 0 bridgehead atoms. The van der Waals surface area contributed by atoms with E-state index in [4.69, 9.17) is 10.5 Å². The Hall–Kier alpha value is -1.30. The Kier molecular flexibility index (Phi) is 5.76. The van der Waals surface area contributed by atoms with Gasteiger partial charge in [-0.05, 0) is 19.8 Å². The first kappa shape index (κ1) is 13.8. The monoisotopic (exact) mass is 243 g/mol. The van der Waals surface area contributed by atoms with E-state index in [0.29, 0.717) is 6.61 Å². The predicted molar refractivity (Wildman–Crippen MR) is 63.4 cm³/mol. The van der Waals surface area contributed by atoms with Gasteiger partial charge in [-0.25, -0.2) is 4.79 Å². The summed E-state index contributed by atoms with van der Waals surface area (Å²) in [5, 5.41) is 5.24. The fourth-order valence-corrected chi connectivity index (χ4v) is 1.92. The van der Waals surface area contributed by atoms with Crippen LogP contribution in [-0.2, 0) is 9.53 Å². The molecule has 0 radical (unpaired) electrons. The van der Waals surface area contributed by atoms with Gasteiger partial charge in [-0.2, -0.15) is 0 Å². The molecule has 0 aromatic heterocycles. The van der Waals surface area contributed by atoms with Crippen LogP contribution < -0.4 is 16.4 Å². The number of amides is 2. The third-order valence-electron chi connectivity index (χ3n) is 2.83. The third-order valence-corrected chi connectivity index (χ3v) is 2.83. The van der Waals surface area contributed by atoms with Gasteiger partial charge in [0.15, 0.2) is 0 Å². The van der Waals surface area contributed by atoms with Crippen LogP contribution in [0.15, 0.2) is 0 Å². The number of nitrogens with two attached hydrogens (primary N) is 1. The van der Waals surface area contributed by atoms with E-state index < -0.39 is 5.97 Å². The molecule has 0 heterocycles. The quantitative estimate of drug-likeness (QED) is 0.611. The average molecular weight is 243 g/mol. The summed E-state index contributed by atoms with van der Waals surface area (Å²) in [6.07, 6.45) is 4.02. The number of nitrogens with one attached hydrogen (secondary N) is 2. The third kappa shape index (κ3) is 5.04. The van der Waals surface area contributed by atoms with E-state index in [0.717, 1.165) is 25.7 Å². The van der Waals surface area contributed by atoms with Gasteiger partial charge < -0.3 is 21.1 Å². The highest BCUT2D eigenvalue weighted by Crippen LogP contribution is 2.16. The second kappa shape index (κ2) is 7.11. The van der Waals surface area contributed by atoms with Gasteiger partial charge in [-0.15, -0.1) is 0 Å². The SMILES string of the molecule is CCOC(=O)CNC(=O)NC1CCCCC1N. The lowest BCUT2D eigenvalue weighted by Crippen LogP contribution is -2.52. The Bertz CT molecular complexity index is 271. The zero-order chi connectivity index (χ0) is 12.7. The number of hydrogen-bond acceptors (Lipinski definition) is 4. The molecule has 0 aliphatic heterocycles. The van der Waals surface area contributed by atoms with Crippen LogP contribution in [-0.4, -0.2) is 37.2 Å². The van der Waals surface area contributed by atoms with Crippen molar-refractivity contribution in [1.82, 2.24) is 10.6 Å². The first-order chi connectivity index (χ1) is 8.13. The lowest BCUT2D eigenvalue weighted by molar-refractivity contribution is -0.141. The minimum absolute atomic E-state index is 0.00551. The van der Waals surface area contributed by atoms with Crippen molar-refractivity contribution in [1.29, 1.82) is 0 Å². The Balaban J connectivity index is 2.22. The summed E-state index contributed by atoms with van der Waals surface area (Å²) in [7, 11) is 0. The molecular formula is C11H21N3O3. The molecule has 2 unspecified atom stereocenters. The van der Waals surface area contributed by atoms with E-state index in [2.05, 4.69) is 10.6 Å². The molecule has 1 fully saturated rings. The molecule has 0 spiro atoms. The molecule has 0 aromatic carbocycles. The normalized spacial score (nSPS) is 23.9. The molecule has 2 amide bonds. The van der Waals surface area contributed by atoms with Gasteiger partial charge in [0.25, 0.3) is 0 Å². The van der Waals surface area contributed by atoms with Gasteiger partial charge in [0.05, 0.1) is 6.61 Å². The van der Waals surface area contributed by atoms with E-state index in [9.17, 15) is 9.59 Å². The number of ether oxygens (including phenoxy) is 1. The molecule has 6 nitrogen and oxygen atoms in total. The smallest absolute Gasteiger partial charge is 0.325 e. The van der Waals surface area contributed by atoms with Crippen LogP contribution in [0.5, 0.6) is 0 Å². The summed E-state index contributed by atoms with van der Waals surface area (Å²) in [6.45, 7) is 1.93. The summed E-state index contributed by atoms with van der Waals surface area (Å²) in [5.74, 6) is -0.435. The highest BCUT2D eigenvalue weighted by molar-refractivity contribution is 5.80. The first-order valence-electron chi connectivity index (χ1n) is 6.09. The Labute approximate surface area is 101 Å². The van der Waals surface area contributed by atoms with Crippen molar-refractivity contribution in [2.45, 2.75) is 44.7 Å².